The van der Waals surface area contributed by atoms with Gasteiger partial charge in [0.15, 0.2) is 0 Å². The van der Waals surface area contributed by atoms with Gasteiger partial charge in [-0.15, -0.1) is 0 Å². The third-order valence-electron chi connectivity index (χ3n) is 4.92. The van der Waals surface area contributed by atoms with Gasteiger partial charge in [-0.25, -0.2) is 0 Å². The van der Waals surface area contributed by atoms with Crippen LogP contribution in [-0.2, 0) is 9.59 Å². The summed E-state index contributed by atoms with van der Waals surface area (Å²) in [7, 11) is 0. The molecule has 0 aromatic carbocycles. The van der Waals surface area contributed by atoms with Crippen LogP contribution < -0.4 is 5.32 Å². The average Bonchev–Trinajstić information content (AvgIpc) is 2.46. The Morgan fingerprint density at radius 2 is 1.95 bits per heavy atom. The lowest BCUT2D eigenvalue weighted by molar-refractivity contribution is -0.151. The molecular weight excluding hydrogens is 268 g/mol. The van der Waals surface area contributed by atoms with Crippen LogP contribution in [0.3, 0.4) is 0 Å². The maximum Gasteiger partial charge on any atom is 0.310 e. The van der Waals surface area contributed by atoms with Crippen molar-refractivity contribution in [3.05, 3.63) is 0 Å². The molecule has 1 unspecified atom stereocenters. The summed E-state index contributed by atoms with van der Waals surface area (Å²) in [6.45, 7) is 3.93. The highest BCUT2D eigenvalue weighted by Gasteiger charge is 2.37. The minimum Gasteiger partial charge on any atom is -0.481 e. The minimum atomic E-state index is -0.723. The average molecular weight is 296 g/mol. The van der Waals surface area contributed by atoms with Crippen molar-refractivity contribution in [2.24, 2.45) is 5.41 Å². The van der Waals surface area contributed by atoms with Crippen LogP contribution in [-0.4, -0.2) is 47.6 Å². The lowest BCUT2D eigenvalue weighted by Crippen LogP contribution is -2.47. The highest BCUT2D eigenvalue weighted by Crippen LogP contribution is 2.29. The van der Waals surface area contributed by atoms with Gasteiger partial charge < -0.3 is 15.3 Å². The molecule has 5 heteroatoms. The first-order chi connectivity index (χ1) is 9.99. The second kappa shape index (κ2) is 7.25. The lowest BCUT2D eigenvalue weighted by Gasteiger charge is -2.37. The zero-order chi connectivity index (χ0) is 15.3. The van der Waals surface area contributed by atoms with Crippen LogP contribution in [0.5, 0.6) is 0 Å². The maximum absolute atomic E-state index is 12.0. The van der Waals surface area contributed by atoms with E-state index in [2.05, 4.69) is 10.2 Å². The third kappa shape index (κ3) is 4.70. The number of nitrogens with zero attached hydrogens (tertiary/aromatic N) is 1. The number of nitrogens with one attached hydrogen (secondary N) is 1. The number of carbonyl (C=O) groups excluding carboxylic acids is 1. The summed E-state index contributed by atoms with van der Waals surface area (Å²) in [4.78, 5) is 25.4. The van der Waals surface area contributed by atoms with E-state index < -0.39 is 11.4 Å². The molecule has 0 aromatic heterocycles. The van der Waals surface area contributed by atoms with Crippen LogP contribution in [0.1, 0.15) is 58.3 Å². The number of carboxylic acid groups (broad SMARTS) is 1. The Morgan fingerprint density at radius 1 is 1.24 bits per heavy atom. The largest absolute Gasteiger partial charge is 0.481 e. The number of rotatable bonds is 5. The van der Waals surface area contributed by atoms with Crippen LogP contribution in [0.25, 0.3) is 0 Å². The molecule has 1 heterocycles. The molecule has 0 aromatic rings. The van der Waals surface area contributed by atoms with Crippen molar-refractivity contribution >= 4 is 11.9 Å². The van der Waals surface area contributed by atoms with E-state index in [-0.39, 0.29) is 5.91 Å². The summed E-state index contributed by atoms with van der Waals surface area (Å²) < 4.78 is 0. The molecule has 2 fully saturated rings. The van der Waals surface area contributed by atoms with Crippen LogP contribution in [0, 0.1) is 5.41 Å². The Hall–Kier alpha value is -1.10. The standard InChI is InChI=1S/C16H28N2O3/c1-16(15(20)21)9-5-10-18(12-16)11-8-14(19)17-13-6-3-2-4-7-13/h13H,2-12H2,1H3,(H,17,19)(H,20,21). The lowest BCUT2D eigenvalue weighted by atomic mass is 9.82. The molecule has 2 aliphatic rings. The van der Waals surface area contributed by atoms with Gasteiger partial charge in [0, 0.05) is 25.6 Å². The second-order valence-corrected chi connectivity index (χ2v) is 6.90. The molecule has 2 N–H and O–H groups in total. The molecule has 0 radical (unpaired) electrons. The normalized spacial score (nSPS) is 28.2. The number of hydrogen-bond donors (Lipinski definition) is 2. The van der Waals surface area contributed by atoms with Gasteiger partial charge in [0.25, 0.3) is 0 Å². The second-order valence-electron chi connectivity index (χ2n) is 6.90. The smallest absolute Gasteiger partial charge is 0.310 e. The van der Waals surface area contributed by atoms with Gasteiger partial charge in [-0.05, 0) is 39.2 Å². The number of carbonyl (C=O) groups is 2. The van der Waals surface area contributed by atoms with Crippen molar-refractivity contribution in [2.75, 3.05) is 19.6 Å². The molecule has 2 rings (SSSR count). The van der Waals surface area contributed by atoms with Crippen molar-refractivity contribution in [1.82, 2.24) is 10.2 Å². The number of amides is 1. The Kier molecular flexibility index (Phi) is 5.62. The zero-order valence-electron chi connectivity index (χ0n) is 13.1. The molecule has 5 nitrogen and oxygen atoms in total. The predicted octanol–water partition coefficient (Wildman–Crippen LogP) is 2.01. The van der Waals surface area contributed by atoms with Crippen molar-refractivity contribution in [3.63, 3.8) is 0 Å². The quantitative estimate of drug-likeness (QED) is 0.814. The van der Waals surface area contributed by atoms with E-state index in [9.17, 15) is 14.7 Å². The van der Waals surface area contributed by atoms with Crippen LogP contribution in [0.4, 0.5) is 0 Å². The van der Waals surface area contributed by atoms with E-state index in [0.717, 1.165) is 32.2 Å². The first-order valence-corrected chi connectivity index (χ1v) is 8.25. The summed E-state index contributed by atoms with van der Waals surface area (Å²) in [5.41, 5.74) is -0.655. The summed E-state index contributed by atoms with van der Waals surface area (Å²) in [5, 5.41) is 12.4. The Morgan fingerprint density at radius 3 is 2.62 bits per heavy atom. The molecular formula is C16H28N2O3. The van der Waals surface area contributed by atoms with Gasteiger partial charge in [-0.1, -0.05) is 19.3 Å². The van der Waals surface area contributed by atoms with Crippen LogP contribution >= 0.6 is 0 Å². The highest BCUT2D eigenvalue weighted by molar-refractivity contribution is 5.76. The number of carboxylic acids is 1. The van der Waals surface area contributed by atoms with E-state index in [1.54, 1.807) is 0 Å². The summed E-state index contributed by atoms with van der Waals surface area (Å²) in [5.74, 6) is -0.608. The highest BCUT2D eigenvalue weighted by atomic mass is 16.4. The van der Waals surface area contributed by atoms with Gasteiger partial charge in [-0.2, -0.15) is 0 Å². The number of likely N-dealkylation sites (tertiary alicyclic amines) is 1. The fourth-order valence-corrected chi connectivity index (χ4v) is 3.52. The summed E-state index contributed by atoms with van der Waals surface area (Å²) in [6.07, 6.45) is 8.03. The van der Waals surface area contributed by atoms with Crippen molar-refractivity contribution < 1.29 is 14.7 Å². The van der Waals surface area contributed by atoms with Crippen LogP contribution in [0.15, 0.2) is 0 Å². The monoisotopic (exact) mass is 296 g/mol. The first kappa shape index (κ1) is 16.3. The number of piperidine rings is 1. The Labute approximate surface area is 127 Å². The molecule has 1 amide bonds. The minimum absolute atomic E-state index is 0.115. The molecule has 21 heavy (non-hydrogen) atoms. The Bertz CT molecular complexity index is 380. The topological polar surface area (TPSA) is 69.6 Å². The fraction of sp³-hybridized carbons (Fsp3) is 0.875. The van der Waals surface area contributed by atoms with E-state index in [1.807, 2.05) is 6.92 Å². The maximum atomic E-state index is 12.0. The van der Waals surface area contributed by atoms with Gasteiger partial charge in [0.05, 0.1) is 5.41 Å². The van der Waals surface area contributed by atoms with Gasteiger partial charge >= 0.3 is 5.97 Å². The van der Waals surface area contributed by atoms with E-state index >= 15 is 0 Å². The van der Waals surface area contributed by atoms with Crippen molar-refractivity contribution in [3.8, 4) is 0 Å². The van der Waals surface area contributed by atoms with Crippen LogP contribution in [0.2, 0.25) is 0 Å². The van der Waals surface area contributed by atoms with Crippen molar-refractivity contribution in [1.29, 1.82) is 0 Å². The number of aliphatic carboxylic acids is 1. The SMILES string of the molecule is CC1(C(=O)O)CCCN(CCC(=O)NC2CCCCC2)C1. The molecule has 1 aliphatic carbocycles. The van der Waals surface area contributed by atoms with E-state index in [4.69, 9.17) is 0 Å². The summed E-state index contributed by atoms with van der Waals surface area (Å²) >= 11 is 0. The predicted molar refractivity (Wildman–Crippen MR) is 81.0 cm³/mol. The molecule has 120 valence electrons. The molecule has 1 aliphatic heterocycles. The first-order valence-electron chi connectivity index (χ1n) is 8.25. The van der Waals surface area contributed by atoms with Gasteiger partial charge in [0.2, 0.25) is 5.91 Å². The third-order valence-corrected chi connectivity index (χ3v) is 4.92. The molecule has 0 bridgehead atoms. The fourth-order valence-electron chi connectivity index (χ4n) is 3.52. The molecule has 1 saturated heterocycles. The zero-order valence-corrected chi connectivity index (χ0v) is 13.1. The van der Waals surface area contributed by atoms with Crippen molar-refractivity contribution in [2.45, 2.75) is 64.3 Å². The van der Waals surface area contributed by atoms with Gasteiger partial charge in [0.1, 0.15) is 0 Å². The van der Waals surface area contributed by atoms with Gasteiger partial charge in [-0.3, -0.25) is 9.59 Å². The van der Waals surface area contributed by atoms with E-state index in [0.29, 0.717) is 25.6 Å². The molecule has 1 saturated carbocycles. The summed E-state index contributed by atoms with van der Waals surface area (Å²) in [6, 6.07) is 0.358. The molecule has 1 atom stereocenters. The molecule has 0 spiro atoms. The Balaban J connectivity index is 1.72. The number of hydrogen-bond acceptors (Lipinski definition) is 3. The van der Waals surface area contributed by atoms with E-state index in [1.165, 1.54) is 19.3 Å².